The molecular weight excluding hydrogens is 307 g/mol. The number of hydrogen-bond acceptors (Lipinski definition) is 2. The van der Waals surface area contributed by atoms with Crippen LogP contribution in [0.1, 0.15) is 24.6 Å². The van der Waals surface area contributed by atoms with Crippen LogP contribution in [-0.2, 0) is 13.0 Å². The average Bonchev–Trinajstić information content (AvgIpc) is 2.60. The fraction of sp³-hybridized carbons (Fsp3) is 0.600. The Bertz CT molecular complexity index is 298. The van der Waals surface area contributed by atoms with Crippen LogP contribution in [0.25, 0.3) is 0 Å². The molecule has 0 N–H and O–H groups in total. The number of aromatic nitrogens is 1. The van der Waals surface area contributed by atoms with Crippen LogP contribution >= 0.6 is 30.3 Å². The van der Waals surface area contributed by atoms with E-state index in [1.165, 1.54) is 31.6 Å². The summed E-state index contributed by atoms with van der Waals surface area (Å²) in [6.45, 7) is 5.85. The Balaban J connectivity index is 2.14. The molecule has 0 unspecified atom stereocenters. The van der Waals surface area contributed by atoms with Crippen LogP contribution in [-0.4, -0.2) is 22.0 Å². The first kappa shape index (κ1) is 10.8. The Morgan fingerprint density at radius 3 is 3.14 bits per heavy atom. The first-order valence-electron chi connectivity index (χ1n) is 5.05. The Labute approximate surface area is 102 Å². The van der Waals surface area contributed by atoms with E-state index in [1.807, 2.05) is 0 Å². The van der Waals surface area contributed by atoms with Crippen molar-refractivity contribution in [2.75, 3.05) is 13.1 Å². The predicted molar refractivity (Wildman–Crippen MR) is 70.7 cm³/mol. The molecule has 1 aliphatic rings. The van der Waals surface area contributed by atoms with Gasteiger partial charge in [-0.3, -0.25) is 8.87 Å². The molecule has 0 saturated carbocycles. The lowest BCUT2D eigenvalue weighted by atomic mass is 10.1. The zero-order valence-corrected chi connectivity index (χ0v) is 11.3. The van der Waals surface area contributed by atoms with Crippen molar-refractivity contribution in [3.63, 3.8) is 0 Å². The molecule has 1 aromatic heterocycles. The molecule has 14 heavy (non-hydrogen) atoms. The van der Waals surface area contributed by atoms with Crippen molar-refractivity contribution in [2.24, 2.45) is 0 Å². The molecule has 1 aliphatic heterocycles. The number of rotatable bonds is 3. The maximum Gasteiger partial charge on any atom is 0.0473 e. The summed E-state index contributed by atoms with van der Waals surface area (Å²) < 4.78 is 2.29. The van der Waals surface area contributed by atoms with Gasteiger partial charge in [0.25, 0.3) is 0 Å². The summed E-state index contributed by atoms with van der Waals surface area (Å²) in [5.41, 5.74) is 3.05. The Morgan fingerprint density at radius 1 is 1.57 bits per heavy atom. The highest BCUT2D eigenvalue weighted by molar-refractivity contribution is 14.2. The maximum atomic E-state index is 2.55. The van der Waals surface area contributed by atoms with Crippen molar-refractivity contribution in [1.29, 1.82) is 0 Å². The number of halogens is 1. The SMILES string of the molecule is CCCN1CCc2ccn(SI)c2C1. The molecule has 0 spiro atoms. The van der Waals surface area contributed by atoms with Crippen LogP contribution < -0.4 is 0 Å². The molecule has 0 saturated heterocycles. The molecule has 4 heteroatoms. The van der Waals surface area contributed by atoms with Crippen LogP contribution in [0.5, 0.6) is 0 Å². The molecule has 0 amide bonds. The van der Waals surface area contributed by atoms with Crippen molar-refractivity contribution in [1.82, 2.24) is 8.87 Å². The fourth-order valence-corrected chi connectivity index (χ4v) is 3.50. The van der Waals surface area contributed by atoms with Crippen molar-refractivity contribution >= 4 is 30.3 Å². The quantitative estimate of drug-likeness (QED) is 0.790. The summed E-state index contributed by atoms with van der Waals surface area (Å²) in [6.07, 6.45) is 4.67. The summed E-state index contributed by atoms with van der Waals surface area (Å²) in [5.74, 6) is 0. The molecule has 2 heterocycles. The predicted octanol–water partition coefficient (Wildman–Crippen LogP) is 3.10. The minimum atomic E-state index is 1.13. The van der Waals surface area contributed by atoms with Crippen molar-refractivity contribution in [2.45, 2.75) is 26.3 Å². The molecule has 0 atom stereocenters. The molecule has 0 aliphatic carbocycles. The molecule has 2 rings (SSSR count). The van der Waals surface area contributed by atoms with E-state index in [1.54, 1.807) is 14.7 Å². The van der Waals surface area contributed by atoms with E-state index in [4.69, 9.17) is 0 Å². The van der Waals surface area contributed by atoms with Gasteiger partial charge >= 0.3 is 0 Å². The van der Waals surface area contributed by atoms with E-state index in [0.717, 1.165) is 6.54 Å². The van der Waals surface area contributed by atoms with Crippen LogP contribution in [0.15, 0.2) is 12.3 Å². The smallest absolute Gasteiger partial charge is 0.0473 e. The Morgan fingerprint density at radius 2 is 2.43 bits per heavy atom. The fourth-order valence-electron chi connectivity index (χ4n) is 2.03. The van der Waals surface area contributed by atoms with E-state index in [2.05, 4.69) is 49.3 Å². The largest absolute Gasteiger partial charge is 0.297 e. The summed E-state index contributed by atoms with van der Waals surface area (Å²) >= 11 is 2.35. The van der Waals surface area contributed by atoms with Gasteiger partial charge < -0.3 is 0 Å². The molecule has 1 aromatic rings. The monoisotopic (exact) mass is 322 g/mol. The summed E-state index contributed by atoms with van der Waals surface area (Å²) in [4.78, 5) is 2.55. The summed E-state index contributed by atoms with van der Waals surface area (Å²) in [7, 11) is 1.77. The average molecular weight is 322 g/mol. The van der Waals surface area contributed by atoms with Gasteiger partial charge in [-0.1, -0.05) is 6.92 Å². The molecule has 78 valence electrons. The second-order valence-corrected chi connectivity index (χ2v) is 5.42. The minimum Gasteiger partial charge on any atom is -0.297 e. The lowest BCUT2D eigenvalue weighted by molar-refractivity contribution is 0.251. The molecule has 0 fully saturated rings. The van der Waals surface area contributed by atoms with E-state index in [9.17, 15) is 0 Å². The molecule has 0 bridgehead atoms. The number of fused-ring (bicyclic) bond motifs is 1. The van der Waals surface area contributed by atoms with E-state index < -0.39 is 0 Å². The van der Waals surface area contributed by atoms with Gasteiger partial charge in [0.15, 0.2) is 0 Å². The van der Waals surface area contributed by atoms with Crippen LogP contribution in [0, 0.1) is 0 Å². The summed E-state index contributed by atoms with van der Waals surface area (Å²) in [6, 6.07) is 2.27. The van der Waals surface area contributed by atoms with Crippen molar-refractivity contribution in [3.8, 4) is 0 Å². The molecular formula is C10H15IN2S. The normalized spacial score (nSPS) is 17.0. The third-order valence-electron chi connectivity index (χ3n) is 2.73. The van der Waals surface area contributed by atoms with Crippen LogP contribution in [0.4, 0.5) is 0 Å². The number of nitrogens with zero attached hydrogens (tertiary/aromatic N) is 2. The Kier molecular flexibility index (Phi) is 3.79. The zero-order valence-electron chi connectivity index (χ0n) is 8.37. The van der Waals surface area contributed by atoms with Gasteiger partial charge in [0.05, 0.1) is 0 Å². The van der Waals surface area contributed by atoms with Gasteiger partial charge in [0, 0.05) is 55.3 Å². The third-order valence-corrected chi connectivity index (χ3v) is 4.50. The van der Waals surface area contributed by atoms with Gasteiger partial charge in [-0.15, -0.1) is 0 Å². The second-order valence-electron chi connectivity index (χ2n) is 3.71. The van der Waals surface area contributed by atoms with Gasteiger partial charge in [0.2, 0.25) is 0 Å². The van der Waals surface area contributed by atoms with E-state index >= 15 is 0 Å². The van der Waals surface area contributed by atoms with Crippen LogP contribution in [0.2, 0.25) is 0 Å². The molecule has 0 radical (unpaired) electrons. The highest BCUT2D eigenvalue weighted by atomic mass is 127. The van der Waals surface area contributed by atoms with Gasteiger partial charge in [-0.2, -0.15) is 0 Å². The summed E-state index contributed by atoms with van der Waals surface area (Å²) in [5, 5.41) is 0. The lowest BCUT2D eigenvalue weighted by Gasteiger charge is -2.27. The maximum absolute atomic E-state index is 2.55. The Hall–Kier alpha value is 0.320. The van der Waals surface area contributed by atoms with Gasteiger partial charge in [0.1, 0.15) is 0 Å². The highest BCUT2D eigenvalue weighted by Gasteiger charge is 2.18. The van der Waals surface area contributed by atoms with Crippen molar-refractivity contribution in [3.05, 3.63) is 23.5 Å². The van der Waals surface area contributed by atoms with Gasteiger partial charge in [-0.05, 0) is 31.0 Å². The molecule has 2 nitrogen and oxygen atoms in total. The van der Waals surface area contributed by atoms with Gasteiger partial charge in [-0.25, -0.2) is 0 Å². The zero-order chi connectivity index (χ0) is 9.97. The number of hydrogen-bond donors (Lipinski definition) is 0. The van der Waals surface area contributed by atoms with Crippen LogP contribution in [0.3, 0.4) is 0 Å². The standard InChI is InChI=1S/C10H15IN2S/c1-2-5-12-6-3-9-4-7-13(14-11)10(9)8-12/h4,7H,2-3,5-6,8H2,1H3. The first-order chi connectivity index (χ1) is 6.85. The minimum absolute atomic E-state index is 1.13. The molecule has 0 aromatic carbocycles. The first-order valence-corrected chi connectivity index (χ1v) is 8.37. The highest BCUT2D eigenvalue weighted by Crippen LogP contribution is 2.26. The topological polar surface area (TPSA) is 8.17 Å². The third kappa shape index (κ3) is 2.12. The second kappa shape index (κ2) is 4.90. The van der Waals surface area contributed by atoms with E-state index in [0.29, 0.717) is 0 Å². The van der Waals surface area contributed by atoms with Crippen molar-refractivity contribution < 1.29 is 0 Å². The lowest BCUT2D eigenvalue weighted by Crippen LogP contribution is -2.31. The van der Waals surface area contributed by atoms with E-state index in [-0.39, 0.29) is 0 Å².